The van der Waals surface area contributed by atoms with Crippen LogP contribution in [0.4, 0.5) is 5.95 Å². The fourth-order valence-corrected chi connectivity index (χ4v) is 2.79. The van der Waals surface area contributed by atoms with Crippen molar-refractivity contribution < 1.29 is 0 Å². The molecule has 106 valence electrons. The molecule has 0 spiro atoms. The molecule has 1 aliphatic heterocycles. The molecule has 1 saturated heterocycles. The molecule has 5 nitrogen and oxygen atoms in total. The molecule has 0 amide bonds. The summed E-state index contributed by atoms with van der Waals surface area (Å²) in [6.45, 7) is 2.65. The smallest absolute Gasteiger partial charge is 0.245 e. The van der Waals surface area contributed by atoms with Gasteiger partial charge in [-0.3, -0.25) is 5.10 Å². The summed E-state index contributed by atoms with van der Waals surface area (Å²) in [5.74, 6) is 2.03. The van der Waals surface area contributed by atoms with Crippen LogP contribution < -0.4 is 10.6 Å². The molecule has 0 aliphatic carbocycles. The average Bonchev–Trinajstić information content (AvgIpc) is 2.97. The first-order valence-corrected chi connectivity index (χ1v) is 7.27. The maximum atomic E-state index is 6.00. The lowest BCUT2D eigenvalue weighted by atomic mass is 9.99. The van der Waals surface area contributed by atoms with E-state index in [0.717, 1.165) is 43.4 Å². The van der Waals surface area contributed by atoms with Crippen LogP contribution in [0.25, 0.3) is 11.4 Å². The van der Waals surface area contributed by atoms with Crippen molar-refractivity contribution in [3.63, 3.8) is 0 Å². The van der Waals surface area contributed by atoms with Gasteiger partial charge in [0.05, 0.1) is 0 Å². The van der Waals surface area contributed by atoms with E-state index in [2.05, 4.69) is 20.1 Å². The molecule has 3 N–H and O–H groups in total. The molecule has 0 saturated carbocycles. The van der Waals surface area contributed by atoms with E-state index in [1.54, 1.807) is 0 Å². The van der Waals surface area contributed by atoms with E-state index in [9.17, 15) is 0 Å². The fraction of sp³-hybridized carbons (Fsp3) is 0.429. The van der Waals surface area contributed by atoms with E-state index in [-0.39, 0.29) is 0 Å². The number of aromatic nitrogens is 3. The van der Waals surface area contributed by atoms with Crippen LogP contribution in [0, 0.1) is 5.92 Å². The molecule has 3 rings (SSSR count). The van der Waals surface area contributed by atoms with Crippen LogP contribution in [0.3, 0.4) is 0 Å². The maximum Gasteiger partial charge on any atom is 0.245 e. The second-order valence-corrected chi connectivity index (χ2v) is 5.62. The highest BCUT2D eigenvalue weighted by Crippen LogP contribution is 2.23. The maximum absolute atomic E-state index is 6.00. The van der Waals surface area contributed by atoms with E-state index >= 15 is 0 Å². The monoisotopic (exact) mass is 291 g/mol. The Labute approximate surface area is 123 Å². The molecule has 6 heteroatoms. The number of hydrogen-bond acceptors (Lipinski definition) is 4. The van der Waals surface area contributed by atoms with Gasteiger partial charge in [0.15, 0.2) is 5.82 Å². The third kappa shape index (κ3) is 2.78. The van der Waals surface area contributed by atoms with Crippen LogP contribution in [0.5, 0.6) is 0 Å². The minimum Gasteiger partial charge on any atom is -0.339 e. The van der Waals surface area contributed by atoms with Crippen molar-refractivity contribution >= 4 is 17.5 Å². The summed E-state index contributed by atoms with van der Waals surface area (Å²) in [6.07, 6.45) is 2.33. The molecule has 1 atom stereocenters. The van der Waals surface area contributed by atoms with Crippen LogP contribution in [0.2, 0.25) is 5.02 Å². The van der Waals surface area contributed by atoms with Crippen molar-refractivity contribution in [2.75, 3.05) is 24.5 Å². The van der Waals surface area contributed by atoms with Gasteiger partial charge in [-0.2, -0.15) is 4.98 Å². The minimum atomic E-state index is 0.539. The lowest BCUT2D eigenvalue weighted by molar-refractivity contribution is 0.420. The zero-order valence-electron chi connectivity index (χ0n) is 11.2. The van der Waals surface area contributed by atoms with Gasteiger partial charge in [0.1, 0.15) is 0 Å². The zero-order valence-corrected chi connectivity index (χ0v) is 12.0. The number of nitrogens with one attached hydrogen (secondary N) is 1. The lowest BCUT2D eigenvalue weighted by Crippen LogP contribution is -2.38. The average molecular weight is 292 g/mol. The Morgan fingerprint density at radius 1 is 1.45 bits per heavy atom. The van der Waals surface area contributed by atoms with Gasteiger partial charge in [-0.1, -0.05) is 23.7 Å². The van der Waals surface area contributed by atoms with E-state index in [0.29, 0.717) is 10.9 Å². The minimum absolute atomic E-state index is 0.539. The van der Waals surface area contributed by atoms with Gasteiger partial charge in [0.2, 0.25) is 5.95 Å². The Kier molecular flexibility index (Phi) is 3.89. The van der Waals surface area contributed by atoms with Crippen molar-refractivity contribution in [1.82, 2.24) is 15.2 Å². The summed E-state index contributed by atoms with van der Waals surface area (Å²) in [6, 6.07) is 7.60. The first-order valence-electron chi connectivity index (χ1n) is 6.89. The second kappa shape index (κ2) is 5.81. The number of aromatic amines is 1. The Hall–Kier alpha value is -1.59. The summed E-state index contributed by atoms with van der Waals surface area (Å²) < 4.78 is 0. The third-order valence-corrected chi connectivity index (χ3v) is 3.94. The van der Waals surface area contributed by atoms with Crippen LogP contribution in [0.1, 0.15) is 12.8 Å². The quantitative estimate of drug-likeness (QED) is 0.910. The van der Waals surface area contributed by atoms with Crippen LogP contribution in [0.15, 0.2) is 24.3 Å². The Bertz CT molecular complexity index is 582. The van der Waals surface area contributed by atoms with Gasteiger partial charge in [-0.15, -0.1) is 5.10 Å². The predicted molar refractivity (Wildman–Crippen MR) is 80.8 cm³/mol. The molecular formula is C14H18ClN5. The highest BCUT2D eigenvalue weighted by molar-refractivity contribution is 6.30. The van der Waals surface area contributed by atoms with Gasteiger partial charge in [0.25, 0.3) is 0 Å². The van der Waals surface area contributed by atoms with Crippen molar-refractivity contribution in [3.05, 3.63) is 29.3 Å². The molecule has 1 aromatic carbocycles. The lowest BCUT2D eigenvalue weighted by Gasteiger charge is -2.31. The van der Waals surface area contributed by atoms with Crippen LogP contribution >= 0.6 is 11.6 Å². The summed E-state index contributed by atoms with van der Waals surface area (Å²) in [5.41, 5.74) is 6.71. The summed E-state index contributed by atoms with van der Waals surface area (Å²) in [4.78, 5) is 6.77. The molecule has 20 heavy (non-hydrogen) atoms. The second-order valence-electron chi connectivity index (χ2n) is 5.18. The number of nitrogens with two attached hydrogens (primary N) is 1. The summed E-state index contributed by atoms with van der Waals surface area (Å²) in [7, 11) is 0. The largest absolute Gasteiger partial charge is 0.339 e. The molecule has 1 fully saturated rings. The normalized spacial score (nSPS) is 19.3. The number of anilines is 1. The number of H-pyrrole nitrogens is 1. The molecule has 1 unspecified atom stereocenters. The number of nitrogens with zero attached hydrogens (tertiary/aromatic N) is 3. The van der Waals surface area contributed by atoms with Gasteiger partial charge >= 0.3 is 0 Å². The Morgan fingerprint density at radius 2 is 2.35 bits per heavy atom. The number of rotatable bonds is 3. The van der Waals surface area contributed by atoms with Crippen molar-refractivity contribution in [3.8, 4) is 11.4 Å². The Balaban J connectivity index is 1.80. The first-order chi connectivity index (χ1) is 9.76. The standard InChI is InChI=1S/C14H18ClN5/c15-12-5-1-4-11(7-12)13-17-14(19-18-13)20-6-2-3-10(8-16)9-20/h1,4-5,7,10H,2-3,6,8-9,16H2,(H,17,18,19). The number of piperidine rings is 1. The highest BCUT2D eigenvalue weighted by Gasteiger charge is 2.21. The summed E-state index contributed by atoms with van der Waals surface area (Å²) in [5, 5.41) is 8.00. The molecule has 1 aliphatic rings. The molecule has 0 bridgehead atoms. The molecule has 1 aromatic heterocycles. The Morgan fingerprint density at radius 3 is 3.15 bits per heavy atom. The fourth-order valence-electron chi connectivity index (χ4n) is 2.60. The van der Waals surface area contributed by atoms with Gasteiger partial charge in [-0.25, -0.2) is 0 Å². The van der Waals surface area contributed by atoms with E-state index in [1.165, 1.54) is 6.42 Å². The van der Waals surface area contributed by atoms with Gasteiger partial charge < -0.3 is 10.6 Å². The number of hydrogen-bond donors (Lipinski definition) is 2. The zero-order chi connectivity index (χ0) is 13.9. The van der Waals surface area contributed by atoms with E-state index in [1.807, 2.05) is 24.3 Å². The van der Waals surface area contributed by atoms with Crippen LogP contribution in [-0.4, -0.2) is 34.8 Å². The highest BCUT2D eigenvalue weighted by atomic mass is 35.5. The van der Waals surface area contributed by atoms with Crippen molar-refractivity contribution in [1.29, 1.82) is 0 Å². The molecule has 2 heterocycles. The van der Waals surface area contributed by atoms with Crippen LogP contribution in [-0.2, 0) is 0 Å². The number of halogens is 1. The predicted octanol–water partition coefficient (Wildman–Crippen LogP) is 2.30. The molecular weight excluding hydrogens is 274 g/mol. The third-order valence-electron chi connectivity index (χ3n) is 3.71. The summed E-state index contributed by atoms with van der Waals surface area (Å²) >= 11 is 6.00. The van der Waals surface area contributed by atoms with E-state index < -0.39 is 0 Å². The van der Waals surface area contributed by atoms with Gasteiger partial charge in [-0.05, 0) is 37.4 Å². The van der Waals surface area contributed by atoms with Crippen molar-refractivity contribution in [2.45, 2.75) is 12.8 Å². The topological polar surface area (TPSA) is 70.8 Å². The first kappa shape index (κ1) is 13.4. The molecule has 2 aromatic rings. The van der Waals surface area contributed by atoms with Crippen molar-refractivity contribution in [2.24, 2.45) is 11.7 Å². The van der Waals surface area contributed by atoms with Gasteiger partial charge in [0, 0.05) is 23.7 Å². The van der Waals surface area contributed by atoms with E-state index in [4.69, 9.17) is 17.3 Å². The molecule has 0 radical (unpaired) electrons. The number of benzene rings is 1. The SMILES string of the molecule is NCC1CCCN(c2n[nH]c(-c3cccc(Cl)c3)n2)C1.